The van der Waals surface area contributed by atoms with Crippen LogP contribution in [0.4, 0.5) is 0 Å². The van der Waals surface area contributed by atoms with Crippen molar-refractivity contribution >= 4 is 11.0 Å². The molecular formula is C23H27N5O2. The van der Waals surface area contributed by atoms with E-state index in [1.54, 1.807) is 18.0 Å². The zero-order valence-corrected chi connectivity index (χ0v) is 18.1. The van der Waals surface area contributed by atoms with Crippen LogP contribution in [0.25, 0.3) is 28.0 Å². The molecule has 7 nitrogen and oxygen atoms in total. The highest BCUT2D eigenvalue weighted by atomic mass is 16.5. The fourth-order valence-corrected chi connectivity index (χ4v) is 3.71. The molecule has 0 atom stereocenters. The maximum absolute atomic E-state index is 6.32. The van der Waals surface area contributed by atoms with Gasteiger partial charge in [0.05, 0.1) is 18.9 Å². The van der Waals surface area contributed by atoms with Gasteiger partial charge in [-0.05, 0) is 38.0 Å². The Morgan fingerprint density at radius 3 is 2.57 bits per heavy atom. The number of methoxy groups -OCH3 is 1. The van der Waals surface area contributed by atoms with E-state index in [1.807, 2.05) is 55.2 Å². The molecule has 30 heavy (non-hydrogen) atoms. The van der Waals surface area contributed by atoms with E-state index in [1.165, 1.54) is 0 Å². The molecule has 0 unspecified atom stereocenters. The highest BCUT2D eigenvalue weighted by molar-refractivity contribution is 5.95. The number of ether oxygens (including phenoxy) is 2. The van der Waals surface area contributed by atoms with Gasteiger partial charge in [-0.1, -0.05) is 13.8 Å². The van der Waals surface area contributed by atoms with Crippen molar-refractivity contribution in [2.24, 2.45) is 7.05 Å². The first-order chi connectivity index (χ1) is 14.5. The lowest BCUT2D eigenvalue weighted by Crippen LogP contribution is -2.14. The lowest BCUT2D eigenvalue weighted by Gasteiger charge is -2.17. The molecule has 0 saturated heterocycles. The Labute approximate surface area is 176 Å². The highest BCUT2D eigenvalue weighted by Gasteiger charge is 2.21. The van der Waals surface area contributed by atoms with Gasteiger partial charge in [0.15, 0.2) is 0 Å². The molecule has 0 radical (unpaired) electrons. The van der Waals surface area contributed by atoms with E-state index in [0.29, 0.717) is 5.75 Å². The van der Waals surface area contributed by atoms with E-state index in [0.717, 1.165) is 52.3 Å². The second-order valence-corrected chi connectivity index (χ2v) is 7.32. The van der Waals surface area contributed by atoms with Crippen LogP contribution in [0, 0.1) is 6.92 Å². The van der Waals surface area contributed by atoms with Crippen molar-refractivity contribution in [2.75, 3.05) is 7.11 Å². The van der Waals surface area contributed by atoms with Crippen LogP contribution in [-0.2, 0) is 7.05 Å². The van der Waals surface area contributed by atoms with Gasteiger partial charge in [0.1, 0.15) is 28.2 Å². The Morgan fingerprint density at radius 2 is 1.90 bits per heavy atom. The van der Waals surface area contributed by atoms with Gasteiger partial charge in [0.25, 0.3) is 0 Å². The van der Waals surface area contributed by atoms with Crippen molar-refractivity contribution in [3.63, 3.8) is 0 Å². The second-order valence-electron chi connectivity index (χ2n) is 7.32. The summed E-state index contributed by atoms with van der Waals surface area (Å²) in [6, 6.07) is 9.84. The number of hydrogen-bond acceptors (Lipinski definition) is 5. The van der Waals surface area contributed by atoms with Crippen molar-refractivity contribution in [3.8, 4) is 28.4 Å². The monoisotopic (exact) mass is 405 g/mol. The number of hydrogen-bond donors (Lipinski definition) is 0. The first-order valence-corrected chi connectivity index (χ1v) is 10.2. The zero-order valence-electron chi connectivity index (χ0n) is 18.1. The standard InChI is InChI=1S/C23H27N5O2/c1-6-17(7-2)30-20-13-15(3)25-22-21(26-27(4)23(20)22)18-10-9-16(14-19(18)29-5)28-12-8-11-24-28/h8-14,17H,6-7H2,1-5H3. The van der Waals surface area contributed by atoms with E-state index in [-0.39, 0.29) is 6.10 Å². The van der Waals surface area contributed by atoms with E-state index >= 15 is 0 Å². The SMILES string of the molecule is CCC(CC)Oc1cc(C)nc2c(-c3ccc(-n4cccn4)cc3OC)nn(C)c12. The van der Waals surface area contributed by atoms with Crippen LogP contribution in [0.15, 0.2) is 42.7 Å². The number of aryl methyl sites for hydroxylation is 2. The van der Waals surface area contributed by atoms with E-state index in [9.17, 15) is 0 Å². The summed E-state index contributed by atoms with van der Waals surface area (Å²) in [5, 5.41) is 9.09. The minimum Gasteiger partial charge on any atom is -0.496 e. The molecule has 0 saturated carbocycles. The summed E-state index contributed by atoms with van der Waals surface area (Å²) < 4.78 is 15.7. The molecule has 0 spiro atoms. The smallest absolute Gasteiger partial charge is 0.149 e. The number of nitrogens with zero attached hydrogens (tertiary/aromatic N) is 5. The molecule has 4 aromatic rings. The lowest BCUT2D eigenvalue weighted by molar-refractivity contribution is 0.194. The van der Waals surface area contributed by atoms with Crippen molar-refractivity contribution in [1.82, 2.24) is 24.5 Å². The summed E-state index contributed by atoms with van der Waals surface area (Å²) in [5.74, 6) is 1.54. The average Bonchev–Trinajstić information content (AvgIpc) is 3.40. The Bertz CT molecular complexity index is 1160. The molecule has 0 amide bonds. The Balaban J connectivity index is 1.87. The fourth-order valence-electron chi connectivity index (χ4n) is 3.71. The summed E-state index contributed by atoms with van der Waals surface area (Å²) in [7, 11) is 3.59. The summed E-state index contributed by atoms with van der Waals surface area (Å²) in [4.78, 5) is 4.80. The van der Waals surface area contributed by atoms with Crippen LogP contribution in [0.3, 0.4) is 0 Å². The minimum atomic E-state index is 0.163. The van der Waals surface area contributed by atoms with Crippen LogP contribution in [0.5, 0.6) is 11.5 Å². The van der Waals surface area contributed by atoms with E-state index < -0.39 is 0 Å². The summed E-state index contributed by atoms with van der Waals surface area (Å²) in [5.41, 5.74) is 5.16. The second kappa shape index (κ2) is 8.18. The van der Waals surface area contributed by atoms with Crippen molar-refractivity contribution in [1.29, 1.82) is 0 Å². The Kier molecular flexibility index (Phi) is 5.44. The molecule has 0 aliphatic carbocycles. The number of benzene rings is 1. The zero-order chi connectivity index (χ0) is 21.3. The van der Waals surface area contributed by atoms with Gasteiger partial charge in [0.2, 0.25) is 0 Å². The normalized spacial score (nSPS) is 11.4. The molecule has 0 aliphatic heterocycles. The maximum atomic E-state index is 6.32. The minimum absolute atomic E-state index is 0.163. The van der Waals surface area contributed by atoms with Crippen molar-refractivity contribution in [3.05, 3.63) is 48.4 Å². The predicted molar refractivity (Wildman–Crippen MR) is 117 cm³/mol. The van der Waals surface area contributed by atoms with Gasteiger partial charge in [0, 0.05) is 42.8 Å². The molecule has 0 bridgehead atoms. The van der Waals surface area contributed by atoms with Gasteiger partial charge in [-0.2, -0.15) is 10.2 Å². The van der Waals surface area contributed by atoms with Crippen LogP contribution in [-0.4, -0.2) is 37.8 Å². The average molecular weight is 406 g/mol. The third-order valence-electron chi connectivity index (χ3n) is 5.30. The fraction of sp³-hybridized carbons (Fsp3) is 0.348. The van der Waals surface area contributed by atoms with E-state index in [4.69, 9.17) is 19.6 Å². The number of pyridine rings is 1. The topological polar surface area (TPSA) is 67.0 Å². The molecule has 0 aliphatic rings. The molecule has 3 heterocycles. The molecule has 7 heteroatoms. The predicted octanol–water partition coefficient (Wildman–Crippen LogP) is 4.71. The number of rotatable bonds is 7. The van der Waals surface area contributed by atoms with Gasteiger partial charge >= 0.3 is 0 Å². The Morgan fingerprint density at radius 1 is 1.10 bits per heavy atom. The van der Waals surface area contributed by atoms with Crippen molar-refractivity contribution in [2.45, 2.75) is 39.7 Å². The maximum Gasteiger partial charge on any atom is 0.149 e. The third kappa shape index (κ3) is 3.51. The number of fused-ring (bicyclic) bond motifs is 1. The molecule has 4 rings (SSSR count). The molecule has 0 N–H and O–H groups in total. The molecule has 156 valence electrons. The van der Waals surface area contributed by atoms with E-state index in [2.05, 4.69) is 18.9 Å². The molecular weight excluding hydrogens is 378 g/mol. The summed E-state index contributed by atoms with van der Waals surface area (Å²) in [6.07, 6.45) is 5.72. The molecule has 0 fully saturated rings. The van der Waals surface area contributed by atoms with Crippen molar-refractivity contribution < 1.29 is 9.47 Å². The number of aromatic nitrogens is 5. The van der Waals surface area contributed by atoms with Crippen LogP contribution in [0.1, 0.15) is 32.4 Å². The molecule has 1 aromatic carbocycles. The lowest BCUT2D eigenvalue weighted by atomic mass is 10.1. The van der Waals surface area contributed by atoms with Crippen LogP contribution >= 0.6 is 0 Å². The van der Waals surface area contributed by atoms with Gasteiger partial charge in [-0.25, -0.2) is 9.67 Å². The van der Waals surface area contributed by atoms with Gasteiger partial charge < -0.3 is 9.47 Å². The molecule has 3 aromatic heterocycles. The first-order valence-electron chi connectivity index (χ1n) is 10.2. The van der Waals surface area contributed by atoms with Gasteiger partial charge in [-0.15, -0.1) is 0 Å². The summed E-state index contributed by atoms with van der Waals surface area (Å²) >= 11 is 0. The summed E-state index contributed by atoms with van der Waals surface area (Å²) in [6.45, 7) is 6.26. The highest BCUT2D eigenvalue weighted by Crippen LogP contribution is 2.38. The third-order valence-corrected chi connectivity index (χ3v) is 5.30. The quantitative estimate of drug-likeness (QED) is 0.446. The Hall–Kier alpha value is -3.35. The van der Waals surface area contributed by atoms with Gasteiger partial charge in [-0.3, -0.25) is 4.68 Å². The van der Waals surface area contributed by atoms with Crippen LogP contribution < -0.4 is 9.47 Å². The largest absolute Gasteiger partial charge is 0.496 e. The van der Waals surface area contributed by atoms with Crippen LogP contribution in [0.2, 0.25) is 0 Å². The first kappa shape index (κ1) is 19.9.